The number of carbonyl (C=O) groups excluding carboxylic acids is 2. The molecule has 4 saturated carbocycles. The molecule has 7 nitrogen and oxygen atoms in total. The first kappa shape index (κ1) is 30.0. The molecule has 0 saturated heterocycles. The lowest BCUT2D eigenvalue weighted by atomic mass is 9.44. The minimum Gasteiger partial charge on any atom is -0.748 e. The molecule has 0 aromatic carbocycles. The van der Waals surface area contributed by atoms with Gasteiger partial charge in [-0.15, -0.1) is 0 Å². The van der Waals surface area contributed by atoms with Crippen LogP contribution in [0.2, 0.25) is 0 Å². The van der Waals surface area contributed by atoms with Gasteiger partial charge < -0.3 is 14.4 Å². The number of nitrogens with zero attached hydrogens (tertiary/aromatic N) is 2. The largest absolute Gasteiger partial charge is 0.748 e. The van der Waals surface area contributed by atoms with Gasteiger partial charge >= 0.3 is 0 Å². The smallest absolute Gasteiger partial charge is 0.222 e. The van der Waals surface area contributed by atoms with Gasteiger partial charge in [-0.3, -0.25) is 9.59 Å². The molecule has 0 heterocycles. The molecule has 0 aromatic rings. The molecule has 218 valence electrons. The number of amides is 1. The van der Waals surface area contributed by atoms with E-state index in [2.05, 4.69) is 20.8 Å². The fraction of sp³-hybridized carbons (Fsp3) is 0.933. The number of rotatable bonds is 10. The van der Waals surface area contributed by atoms with Crippen LogP contribution in [0.4, 0.5) is 0 Å². The second-order valence-electron chi connectivity index (χ2n) is 14.1. The van der Waals surface area contributed by atoms with Crippen LogP contribution < -0.4 is 0 Å². The monoisotopic (exact) mass is 551 g/mol. The van der Waals surface area contributed by atoms with Gasteiger partial charge in [-0.2, -0.15) is 0 Å². The van der Waals surface area contributed by atoms with Gasteiger partial charge in [0.15, 0.2) is 0 Å². The summed E-state index contributed by atoms with van der Waals surface area (Å²) in [6.07, 6.45) is 11.4. The molecular formula is C30H51N2O5S-. The standard InChI is InChI=1S/C30H52N2O5S/c1-21(6-11-28(34)32(17-16-31(4)5)18-19-38(35,36)37)25-9-10-26-24-8-7-22-20-23(33)12-14-29(22,2)27(24)13-15-30(25,26)3/h21-22,24-27H,6-20H2,1-5H3,(H,35,36,37)/p-1/t21-,22-,24+,25-,26+,27+,29+,30-/m1/s1. The molecule has 0 unspecified atom stereocenters. The summed E-state index contributed by atoms with van der Waals surface area (Å²) in [4.78, 5) is 28.9. The number of hydrogen-bond acceptors (Lipinski definition) is 6. The first-order valence-corrected chi connectivity index (χ1v) is 16.7. The first-order valence-electron chi connectivity index (χ1n) is 15.1. The van der Waals surface area contributed by atoms with Gasteiger partial charge in [0.2, 0.25) is 5.91 Å². The Morgan fingerprint density at radius 1 is 1.00 bits per heavy atom. The van der Waals surface area contributed by atoms with E-state index in [4.69, 9.17) is 0 Å². The summed E-state index contributed by atoms with van der Waals surface area (Å²) in [5.41, 5.74) is 0.653. The molecule has 4 aliphatic rings. The van der Waals surface area contributed by atoms with Gasteiger partial charge in [0.1, 0.15) is 5.78 Å². The molecule has 4 fully saturated rings. The fourth-order valence-corrected chi connectivity index (χ4v) is 10.1. The second kappa shape index (κ2) is 11.5. The number of carbonyl (C=O) groups is 2. The molecule has 0 radical (unpaired) electrons. The Labute approximate surface area is 231 Å². The van der Waals surface area contributed by atoms with Crippen molar-refractivity contribution < 1.29 is 22.6 Å². The van der Waals surface area contributed by atoms with E-state index in [0.29, 0.717) is 53.9 Å². The summed E-state index contributed by atoms with van der Waals surface area (Å²) in [5, 5.41) is 0. The van der Waals surface area contributed by atoms with Gasteiger partial charge in [0.05, 0.1) is 15.9 Å². The van der Waals surface area contributed by atoms with Crippen molar-refractivity contribution >= 4 is 21.8 Å². The van der Waals surface area contributed by atoms with E-state index >= 15 is 0 Å². The van der Waals surface area contributed by atoms with E-state index in [0.717, 1.165) is 43.4 Å². The zero-order valence-electron chi connectivity index (χ0n) is 24.4. The summed E-state index contributed by atoms with van der Waals surface area (Å²) in [7, 11) is -0.519. The maximum Gasteiger partial charge on any atom is 0.222 e. The molecular weight excluding hydrogens is 500 g/mol. The highest BCUT2D eigenvalue weighted by molar-refractivity contribution is 7.85. The minimum atomic E-state index is -4.36. The third kappa shape index (κ3) is 6.17. The van der Waals surface area contributed by atoms with E-state index in [-0.39, 0.29) is 12.5 Å². The molecule has 0 spiro atoms. The molecule has 0 aromatic heterocycles. The highest BCUT2D eigenvalue weighted by Crippen LogP contribution is 2.68. The van der Waals surface area contributed by atoms with E-state index < -0.39 is 15.9 Å². The van der Waals surface area contributed by atoms with Gasteiger partial charge in [-0.05, 0) is 112 Å². The Balaban J connectivity index is 1.37. The molecule has 4 aliphatic carbocycles. The average molecular weight is 552 g/mol. The zero-order chi connectivity index (χ0) is 27.9. The van der Waals surface area contributed by atoms with Crippen molar-refractivity contribution in [3.05, 3.63) is 0 Å². The van der Waals surface area contributed by atoms with Crippen LogP contribution >= 0.6 is 0 Å². The average Bonchev–Trinajstić information content (AvgIpc) is 3.19. The van der Waals surface area contributed by atoms with E-state index in [1.165, 1.54) is 38.5 Å². The van der Waals surface area contributed by atoms with Crippen molar-refractivity contribution in [2.24, 2.45) is 46.3 Å². The molecule has 38 heavy (non-hydrogen) atoms. The van der Waals surface area contributed by atoms with Crippen molar-refractivity contribution in [3.8, 4) is 0 Å². The highest BCUT2D eigenvalue weighted by Gasteiger charge is 2.60. The lowest BCUT2D eigenvalue weighted by molar-refractivity contribution is -0.140. The molecule has 0 bridgehead atoms. The fourth-order valence-electron chi connectivity index (χ4n) is 9.63. The van der Waals surface area contributed by atoms with E-state index in [1.807, 2.05) is 19.0 Å². The zero-order valence-corrected chi connectivity index (χ0v) is 25.2. The summed E-state index contributed by atoms with van der Waals surface area (Å²) in [6.45, 7) is 8.40. The summed E-state index contributed by atoms with van der Waals surface area (Å²) >= 11 is 0. The van der Waals surface area contributed by atoms with Crippen LogP contribution in [-0.2, 0) is 19.7 Å². The summed E-state index contributed by atoms with van der Waals surface area (Å²) in [6, 6.07) is 0. The van der Waals surface area contributed by atoms with Crippen LogP contribution in [0.1, 0.15) is 91.4 Å². The van der Waals surface area contributed by atoms with Crippen molar-refractivity contribution in [1.82, 2.24) is 9.80 Å². The van der Waals surface area contributed by atoms with E-state index in [1.54, 1.807) is 4.90 Å². The summed E-state index contributed by atoms with van der Waals surface area (Å²) in [5.74, 6) is 3.82. The topological polar surface area (TPSA) is 97.8 Å². The predicted molar refractivity (Wildman–Crippen MR) is 148 cm³/mol. The van der Waals surface area contributed by atoms with Crippen LogP contribution in [0.25, 0.3) is 0 Å². The quantitative estimate of drug-likeness (QED) is 0.369. The molecule has 0 aliphatic heterocycles. The second-order valence-corrected chi connectivity index (χ2v) is 15.6. The van der Waals surface area contributed by atoms with Crippen LogP contribution in [0, 0.1) is 46.3 Å². The minimum absolute atomic E-state index is 0.0233. The first-order chi connectivity index (χ1) is 17.7. The predicted octanol–water partition coefficient (Wildman–Crippen LogP) is 4.57. The Morgan fingerprint density at radius 2 is 1.71 bits per heavy atom. The van der Waals surface area contributed by atoms with Gasteiger partial charge in [-0.1, -0.05) is 20.8 Å². The van der Waals surface area contributed by atoms with Crippen LogP contribution in [0.5, 0.6) is 0 Å². The van der Waals surface area contributed by atoms with Gasteiger partial charge in [0, 0.05) is 38.9 Å². The summed E-state index contributed by atoms with van der Waals surface area (Å²) < 4.78 is 33.6. The molecule has 1 amide bonds. The van der Waals surface area contributed by atoms with Gasteiger partial charge in [-0.25, -0.2) is 8.42 Å². The lowest BCUT2D eigenvalue weighted by Crippen LogP contribution is -2.53. The van der Waals surface area contributed by atoms with Crippen LogP contribution in [0.3, 0.4) is 0 Å². The maximum atomic E-state index is 13.1. The number of fused-ring (bicyclic) bond motifs is 5. The number of likely N-dealkylation sites (N-methyl/N-ethyl adjacent to an activating group) is 1. The van der Waals surface area contributed by atoms with E-state index in [9.17, 15) is 22.6 Å². The SMILES string of the molecule is C[C@H](CCC(=O)N(CCN(C)C)CCS(=O)(=O)[O-])[C@H]1CC[C@H]2[C@@H]3CC[C@@H]4CC(=O)CC[C@]4(C)[C@H]3CC[C@]12C. The van der Waals surface area contributed by atoms with Crippen molar-refractivity contribution in [2.75, 3.05) is 39.5 Å². The Morgan fingerprint density at radius 3 is 2.39 bits per heavy atom. The number of ketones is 1. The Kier molecular flexibility index (Phi) is 9.06. The lowest BCUT2D eigenvalue weighted by Gasteiger charge is -2.60. The molecule has 8 heteroatoms. The van der Waals surface area contributed by atoms with Crippen LogP contribution in [0.15, 0.2) is 0 Å². The van der Waals surface area contributed by atoms with Crippen molar-refractivity contribution in [3.63, 3.8) is 0 Å². The van der Waals surface area contributed by atoms with Crippen LogP contribution in [-0.4, -0.2) is 73.9 Å². The third-order valence-corrected chi connectivity index (χ3v) is 12.5. The van der Waals surface area contributed by atoms with Crippen molar-refractivity contribution in [2.45, 2.75) is 91.4 Å². The Hall–Kier alpha value is -0.990. The number of Topliss-reactive ketones (excluding diaryl/α,β-unsaturated/α-hetero) is 1. The Bertz CT molecular complexity index is 983. The molecule has 8 atom stereocenters. The highest BCUT2D eigenvalue weighted by atomic mass is 32.2. The molecule has 4 rings (SSSR count). The molecule has 0 N–H and O–H groups in total. The number of hydrogen-bond donors (Lipinski definition) is 0. The van der Waals surface area contributed by atoms with Gasteiger partial charge in [0.25, 0.3) is 0 Å². The van der Waals surface area contributed by atoms with Crippen molar-refractivity contribution in [1.29, 1.82) is 0 Å². The third-order valence-electron chi connectivity index (χ3n) is 11.8. The normalized spacial score (nSPS) is 37.9. The maximum absolute atomic E-state index is 13.1.